The van der Waals surface area contributed by atoms with Crippen molar-refractivity contribution in [3.63, 3.8) is 0 Å². The van der Waals surface area contributed by atoms with Crippen molar-refractivity contribution in [2.75, 3.05) is 27.4 Å². The van der Waals surface area contributed by atoms with Crippen LogP contribution in [0.4, 0.5) is 0 Å². The Hall–Kier alpha value is -2.15. The molecule has 1 aliphatic carbocycles. The van der Waals surface area contributed by atoms with Crippen LogP contribution in [0.1, 0.15) is 39.0 Å². The van der Waals surface area contributed by atoms with Crippen molar-refractivity contribution in [1.82, 2.24) is 4.98 Å². The van der Waals surface area contributed by atoms with Gasteiger partial charge in [-0.05, 0) is 24.8 Å². The summed E-state index contributed by atoms with van der Waals surface area (Å²) in [5, 5.41) is 0. The molecule has 0 aliphatic heterocycles. The van der Waals surface area contributed by atoms with Gasteiger partial charge in [-0.3, -0.25) is 9.59 Å². The maximum absolute atomic E-state index is 12.7. The number of fused-ring (bicyclic) bond motifs is 1. The molecule has 1 N–H and O–H groups in total. The van der Waals surface area contributed by atoms with Crippen LogP contribution in [-0.2, 0) is 25.4 Å². The van der Waals surface area contributed by atoms with Gasteiger partial charge in [0.05, 0.1) is 13.7 Å². The molecule has 2 atom stereocenters. The maximum Gasteiger partial charge on any atom is 0.355 e. The lowest BCUT2D eigenvalue weighted by molar-refractivity contribution is -0.145. The molecule has 0 aromatic carbocycles. The lowest BCUT2D eigenvalue weighted by Crippen LogP contribution is -2.36. The number of ether oxygens (including phenoxy) is 3. The van der Waals surface area contributed by atoms with Gasteiger partial charge in [-0.2, -0.15) is 0 Å². The second-order valence-electron chi connectivity index (χ2n) is 5.65. The normalized spacial score (nSPS) is 20.1. The predicted octanol–water partition coefficient (Wildman–Crippen LogP) is 1.29. The van der Waals surface area contributed by atoms with E-state index in [2.05, 4.69) is 4.98 Å². The van der Waals surface area contributed by atoms with Crippen LogP contribution < -0.4 is 0 Å². The first-order valence-electron chi connectivity index (χ1n) is 7.41. The zero-order valence-electron chi connectivity index (χ0n) is 13.7. The Balaban J connectivity index is 2.31. The molecule has 1 aromatic rings. The summed E-state index contributed by atoms with van der Waals surface area (Å²) in [6.07, 6.45) is 0.493. The van der Waals surface area contributed by atoms with Crippen LogP contribution in [0, 0.1) is 18.8 Å². The number of ketones is 1. The molecule has 2 rings (SSSR count). The minimum absolute atomic E-state index is 0.133. The van der Waals surface area contributed by atoms with Gasteiger partial charge in [0.2, 0.25) is 0 Å². The van der Waals surface area contributed by atoms with E-state index in [-0.39, 0.29) is 24.0 Å². The molecule has 0 saturated carbocycles. The highest BCUT2D eigenvalue weighted by atomic mass is 16.6. The Bertz CT molecular complexity index is 633. The van der Waals surface area contributed by atoms with Crippen LogP contribution >= 0.6 is 0 Å². The largest absolute Gasteiger partial charge is 0.468 e. The van der Waals surface area contributed by atoms with Crippen LogP contribution in [-0.4, -0.2) is 50.1 Å². The lowest BCUT2D eigenvalue weighted by atomic mass is 9.77. The van der Waals surface area contributed by atoms with E-state index in [4.69, 9.17) is 14.2 Å². The van der Waals surface area contributed by atoms with Gasteiger partial charge < -0.3 is 19.2 Å². The first-order valence-corrected chi connectivity index (χ1v) is 7.41. The number of Topliss-reactive ketones (excluding diaryl/α,β-unsaturated/α-hetero) is 1. The molecule has 0 radical (unpaired) electrons. The minimum Gasteiger partial charge on any atom is -0.468 e. The molecule has 23 heavy (non-hydrogen) atoms. The number of esters is 2. The summed E-state index contributed by atoms with van der Waals surface area (Å²) in [7, 11) is 2.78. The van der Waals surface area contributed by atoms with Crippen LogP contribution in [0.25, 0.3) is 0 Å². The highest BCUT2D eigenvalue weighted by Gasteiger charge is 2.41. The maximum atomic E-state index is 12.7. The summed E-state index contributed by atoms with van der Waals surface area (Å²) in [6, 6.07) is 0. The zero-order valence-corrected chi connectivity index (χ0v) is 13.7. The first kappa shape index (κ1) is 17.2. The number of hydrogen-bond donors (Lipinski definition) is 1. The van der Waals surface area contributed by atoms with E-state index in [1.54, 1.807) is 6.92 Å². The summed E-state index contributed by atoms with van der Waals surface area (Å²) in [5.74, 6) is -2.42. The number of H-pyrrole nitrogens is 1. The Morgan fingerprint density at radius 3 is 2.57 bits per heavy atom. The van der Waals surface area contributed by atoms with E-state index in [1.807, 2.05) is 6.92 Å². The second kappa shape index (κ2) is 6.95. The molecule has 1 heterocycles. The van der Waals surface area contributed by atoms with Gasteiger partial charge in [-0.15, -0.1) is 0 Å². The molecule has 1 aromatic heterocycles. The summed E-state index contributed by atoms with van der Waals surface area (Å²) < 4.78 is 14.6. The fourth-order valence-electron chi connectivity index (χ4n) is 2.96. The Morgan fingerprint density at radius 2 is 1.96 bits per heavy atom. The van der Waals surface area contributed by atoms with Crippen LogP contribution in [0.2, 0.25) is 0 Å². The van der Waals surface area contributed by atoms with Gasteiger partial charge >= 0.3 is 11.9 Å². The first-order chi connectivity index (χ1) is 10.9. The zero-order chi connectivity index (χ0) is 17.1. The average Bonchev–Trinajstić information content (AvgIpc) is 2.84. The van der Waals surface area contributed by atoms with Gasteiger partial charge in [0.25, 0.3) is 0 Å². The molecule has 0 fully saturated rings. The molecule has 0 spiro atoms. The number of nitrogens with one attached hydrogen (secondary N) is 1. The topological polar surface area (TPSA) is 94.7 Å². The molecule has 1 aliphatic rings. The summed E-state index contributed by atoms with van der Waals surface area (Å²) in [6.45, 7) is 3.92. The minimum atomic E-state index is -0.834. The van der Waals surface area contributed by atoms with Crippen LogP contribution in [0.5, 0.6) is 0 Å². The second-order valence-corrected chi connectivity index (χ2v) is 5.65. The number of aromatic amines is 1. The number of carbonyl (C=O) groups excluding carboxylic acids is 3. The predicted molar refractivity (Wildman–Crippen MR) is 80.4 cm³/mol. The Labute approximate surface area is 134 Å². The molecule has 7 heteroatoms. The third-order valence-electron chi connectivity index (χ3n) is 4.13. The molecule has 0 saturated heterocycles. The van der Waals surface area contributed by atoms with Crippen molar-refractivity contribution < 1.29 is 28.6 Å². The van der Waals surface area contributed by atoms with E-state index in [0.29, 0.717) is 29.8 Å². The molecule has 126 valence electrons. The summed E-state index contributed by atoms with van der Waals surface area (Å²) >= 11 is 0. The van der Waals surface area contributed by atoms with Gasteiger partial charge in [0, 0.05) is 18.4 Å². The van der Waals surface area contributed by atoms with Crippen LogP contribution in [0.15, 0.2) is 0 Å². The highest BCUT2D eigenvalue weighted by Crippen LogP contribution is 2.34. The number of rotatable bonds is 5. The fraction of sp³-hybridized carbons (Fsp3) is 0.562. The number of hydrogen-bond acceptors (Lipinski definition) is 6. The molecular formula is C16H21NO6. The van der Waals surface area contributed by atoms with Gasteiger partial charge in [-0.25, -0.2) is 4.79 Å². The quantitative estimate of drug-likeness (QED) is 0.498. The average molecular weight is 323 g/mol. The number of carbonyl (C=O) groups is 3. The SMILES string of the molecule is COCCOC(=O)c1[nH]c2c(c1C)C(=O)[C@@H](C(=O)OC)[C@H](C)C2. The van der Waals surface area contributed by atoms with Gasteiger partial charge in [0.1, 0.15) is 18.2 Å². The fourth-order valence-corrected chi connectivity index (χ4v) is 2.96. The molecule has 0 unspecified atom stereocenters. The summed E-state index contributed by atoms with van der Waals surface area (Å²) in [4.78, 5) is 39.6. The third kappa shape index (κ3) is 3.14. The van der Waals surface area contributed by atoms with Crippen molar-refractivity contribution in [3.05, 3.63) is 22.5 Å². The van der Waals surface area contributed by atoms with E-state index < -0.39 is 17.9 Å². The monoisotopic (exact) mass is 323 g/mol. The van der Waals surface area contributed by atoms with E-state index >= 15 is 0 Å². The summed E-state index contributed by atoms with van der Waals surface area (Å²) in [5.41, 5.74) is 1.82. The molecular weight excluding hydrogens is 302 g/mol. The Morgan fingerprint density at radius 1 is 1.26 bits per heavy atom. The molecule has 7 nitrogen and oxygen atoms in total. The lowest BCUT2D eigenvalue weighted by Gasteiger charge is -2.25. The third-order valence-corrected chi connectivity index (χ3v) is 4.13. The van der Waals surface area contributed by atoms with Crippen molar-refractivity contribution in [1.29, 1.82) is 0 Å². The number of methoxy groups -OCH3 is 2. The van der Waals surface area contributed by atoms with E-state index in [1.165, 1.54) is 14.2 Å². The Kier molecular flexibility index (Phi) is 5.20. The van der Waals surface area contributed by atoms with Crippen molar-refractivity contribution >= 4 is 17.7 Å². The van der Waals surface area contributed by atoms with Crippen molar-refractivity contribution in [2.24, 2.45) is 11.8 Å². The van der Waals surface area contributed by atoms with Crippen molar-refractivity contribution in [2.45, 2.75) is 20.3 Å². The van der Waals surface area contributed by atoms with E-state index in [9.17, 15) is 14.4 Å². The number of aromatic nitrogens is 1. The molecule has 0 amide bonds. The smallest absolute Gasteiger partial charge is 0.355 e. The standard InChI is InChI=1S/C16H21NO6/c1-8-7-10-12(14(18)11(8)15(19)22-4)9(2)13(17-10)16(20)23-6-5-21-3/h8,11,17H,5-7H2,1-4H3/t8-,11+/m1/s1. The van der Waals surface area contributed by atoms with Gasteiger partial charge in [-0.1, -0.05) is 6.92 Å². The van der Waals surface area contributed by atoms with Crippen molar-refractivity contribution in [3.8, 4) is 0 Å². The van der Waals surface area contributed by atoms with Crippen LogP contribution in [0.3, 0.4) is 0 Å². The highest BCUT2D eigenvalue weighted by molar-refractivity contribution is 6.12. The van der Waals surface area contributed by atoms with Gasteiger partial charge in [0.15, 0.2) is 5.78 Å². The molecule has 0 bridgehead atoms. The van der Waals surface area contributed by atoms with E-state index in [0.717, 1.165) is 0 Å².